The van der Waals surface area contributed by atoms with Gasteiger partial charge in [-0.3, -0.25) is 4.79 Å². The number of furan rings is 1. The Hall–Kier alpha value is -1.59. The third-order valence-electron chi connectivity index (χ3n) is 4.99. The maximum atomic E-state index is 12.8. The number of carbonyl (C=O) groups is 1. The van der Waals surface area contributed by atoms with Gasteiger partial charge < -0.3 is 18.8 Å². The SMILES string of the molecule is C=CCOC[C@]12CCCO[C@@H]1CCN(C(=O)c1ccoc1C)C2. The van der Waals surface area contributed by atoms with Crippen molar-refractivity contribution in [2.45, 2.75) is 32.3 Å². The molecule has 3 rings (SSSR count). The zero-order chi connectivity index (χ0) is 16.3. The van der Waals surface area contributed by atoms with Gasteiger partial charge >= 0.3 is 0 Å². The standard InChI is InChI=1S/C18H25NO4/c1-3-9-21-13-18-7-4-10-23-16(18)5-8-19(12-18)17(20)15-6-11-22-14(15)2/h3,6,11,16H,1,4-5,7-10,12-13H2,2H3/t16-,18-/m1/s1. The molecule has 0 N–H and O–H groups in total. The fourth-order valence-electron chi connectivity index (χ4n) is 3.80. The third kappa shape index (κ3) is 3.21. The Kier molecular flexibility index (Phi) is 4.87. The van der Waals surface area contributed by atoms with E-state index in [0.29, 0.717) is 31.1 Å². The highest BCUT2D eigenvalue weighted by Crippen LogP contribution is 2.41. The molecule has 3 heterocycles. The van der Waals surface area contributed by atoms with E-state index in [4.69, 9.17) is 13.9 Å². The van der Waals surface area contributed by atoms with Crippen molar-refractivity contribution in [2.24, 2.45) is 5.41 Å². The zero-order valence-electron chi connectivity index (χ0n) is 13.8. The molecule has 2 saturated heterocycles. The Morgan fingerprint density at radius 1 is 1.61 bits per heavy atom. The first kappa shape index (κ1) is 16.3. The topological polar surface area (TPSA) is 51.9 Å². The van der Waals surface area contributed by atoms with E-state index in [-0.39, 0.29) is 17.4 Å². The first-order valence-corrected chi connectivity index (χ1v) is 8.30. The fourth-order valence-corrected chi connectivity index (χ4v) is 3.80. The minimum Gasteiger partial charge on any atom is -0.469 e. The Morgan fingerprint density at radius 2 is 2.48 bits per heavy atom. The van der Waals surface area contributed by atoms with E-state index in [0.717, 1.165) is 32.4 Å². The second kappa shape index (κ2) is 6.89. The van der Waals surface area contributed by atoms with E-state index >= 15 is 0 Å². The molecule has 0 saturated carbocycles. The van der Waals surface area contributed by atoms with Gasteiger partial charge in [0, 0.05) is 25.1 Å². The Labute approximate surface area is 137 Å². The van der Waals surface area contributed by atoms with Crippen LogP contribution < -0.4 is 0 Å². The van der Waals surface area contributed by atoms with E-state index in [9.17, 15) is 4.79 Å². The molecule has 2 fully saturated rings. The van der Waals surface area contributed by atoms with Crippen LogP contribution in [0.25, 0.3) is 0 Å². The minimum absolute atomic E-state index is 0.0448. The second-order valence-electron chi connectivity index (χ2n) is 6.54. The lowest BCUT2D eigenvalue weighted by Crippen LogP contribution is -2.58. The Balaban J connectivity index is 1.76. The van der Waals surface area contributed by atoms with Gasteiger partial charge in [0.15, 0.2) is 0 Å². The van der Waals surface area contributed by atoms with Gasteiger partial charge in [0.2, 0.25) is 0 Å². The summed E-state index contributed by atoms with van der Waals surface area (Å²) in [6.45, 7) is 8.87. The molecule has 1 aromatic heterocycles. The number of ether oxygens (including phenoxy) is 2. The lowest BCUT2D eigenvalue weighted by molar-refractivity contribution is -0.144. The number of aryl methyl sites for hydroxylation is 1. The molecule has 23 heavy (non-hydrogen) atoms. The second-order valence-corrected chi connectivity index (χ2v) is 6.54. The molecule has 0 spiro atoms. The van der Waals surface area contributed by atoms with Crippen molar-refractivity contribution >= 4 is 5.91 Å². The van der Waals surface area contributed by atoms with Crippen LogP contribution in [0.3, 0.4) is 0 Å². The van der Waals surface area contributed by atoms with Crippen LogP contribution in [0, 0.1) is 12.3 Å². The van der Waals surface area contributed by atoms with E-state index in [1.807, 2.05) is 11.8 Å². The van der Waals surface area contributed by atoms with Crippen LogP contribution in [-0.4, -0.2) is 49.8 Å². The molecule has 1 aromatic rings. The highest BCUT2D eigenvalue weighted by atomic mass is 16.5. The summed E-state index contributed by atoms with van der Waals surface area (Å²) in [6, 6.07) is 1.75. The lowest BCUT2D eigenvalue weighted by atomic mass is 9.73. The predicted molar refractivity (Wildman–Crippen MR) is 86.4 cm³/mol. The molecule has 5 heteroatoms. The first-order chi connectivity index (χ1) is 11.2. The number of hydrogen-bond acceptors (Lipinski definition) is 4. The van der Waals surface area contributed by atoms with Crippen LogP contribution in [0.5, 0.6) is 0 Å². The van der Waals surface area contributed by atoms with Crippen molar-refractivity contribution in [3.63, 3.8) is 0 Å². The van der Waals surface area contributed by atoms with E-state index in [2.05, 4.69) is 6.58 Å². The summed E-state index contributed by atoms with van der Waals surface area (Å²) < 4.78 is 17.0. The lowest BCUT2D eigenvalue weighted by Gasteiger charge is -2.50. The number of fused-ring (bicyclic) bond motifs is 1. The van der Waals surface area contributed by atoms with Crippen LogP contribution in [0.4, 0.5) is 0 Å². The average Bonchev–Trinajstić information content (AvgIpc) is 3.00. The molecule has 0 aromatic carbocycles. The minimum atomic E-state index is -0.104. The van der Waals surface area contributed by atoms with Crippen LogP contribution in [0.1, 0.15) is 35.4 Å². The molecule has 2 atom stereocenters. The van der Waals surface area contributed by atoms with Gasteiger partial charge in [0.25, 0.3) is 5.91 Å². The van der Waals surface area contributed by atoms with Gasteiger partial charge in [-0.05, 0) is 32.3 Å². The molecule has 0 unspecified atom stereocenters. The monoisotopic (exact) mass is 319 g/mol. The number of carbonyl (C=O) groups excluding carboxylic acids is 1. The number of rotatable bonds is 5. The third-order valence-corrected chi connectivity index (χ3v) is 4.99. The summed E-state index contributed by atoms with van der Waals surface area (Å²) in [4.78, 5) is 14.7. The molecular weight excluding hydrogens is 294 g/mol. The summed E-state index contributed by atoms with van der Waals surface area (Å²) in [7, 11) is 0. The maximum absolute atomic E-state index is 12.8. The Morgan fingerprint density at radius 3 is 3.22 bits per heavy atom. The van der Waals surface area contributed by atoms with Crippen molar-refractivity contribution < 1.29 is 18.7 Å². The van der Waals surface area contributed by atoms with Crippen LogP contribution in [-0.2, 0) is 9.47 Å². The van der Waals surface area contributed by atoms with E-state index in [1.54, 1.807) is 18.4 Å². The summed E-state index contributed by atoms with van der Waals surface area (Å²) in [5.74, 6) is 0.720. The summed E-state index contributed by atoms with van der Waals surface area (Å²) in [6.07, 6.45) is 6.41. The van der Waals surface area contributed by atoms with Crippen LogP contribution in [0.15, 0.2) is 29.4 Å². The summed E-state index contributed by atoms with van der Waals surface area (Å²) in [5.41, 5.74) is 0.551. The number of piperidine rings is 1. The molecule has 1 amide bonds. The molecule has 2 aliphatic heterocycles. The van der Waals surface area contributed by atoms with Gasteiger partial charge in [0.05, 0.1) is 31.1 Å². The smallest absolute Gasteiger partial charge is 0.257 e. The predicted octanol–water partition coefficient (Wildman–Crippen LogP) is 2.80. The van der Waals surface area contributed by atoms with Gasteiger partial charge in [-0.15, -0.1) is 6.58 Å². The highest BCUT2D eigenvalue weighted by molar-refractivity contribution is 5.95. The van der Waals surface area contributed by atoms with Crippen molar-refractivity contribution in [3.8, 4) is 0 Å². The van der Waals surface area contributed by atoms with Crippen LogP contribution in [0.2, 0.25) is 0 Å². The van der Waals surface area contributed by atoms with Gasteiger partial charge in [0.1, 0.15) is 5.76 Å². The molecule has 2 aliphatic rings. The zero-order valence-corrected chi connectivity index (χ0v) is 13.8. The fraction of sp³-hybridized carbons (Fsp3) is 0.611. The number of amides is 1. The van der Waals surface area contributed by atoms with Gasteiger partial charge in [-0.1, -0.05) is 6.08 Å². The highest BCUT2D eigenvalue weighted by Gasteiger charge is 2.47. The average molecular weight is 319 g/mol. The van der Waals surface area contributed by atoms with E-state index in [1.165, 1.54) is 0 Å². The van der Waals surface area contributed by atoms with Crippen molar-refractivity contribution in [2.75, 3.05) is 32.9 Å². The first-order valence-electron chi connectivity index (χ1n) is 8.30. The van der Waals surface area contributed by atoms with Crippen molar-refractivity contribution in [3.05, 3.63) is 36.3 Å². The molecular formula is C18H25NO4. The van der Waals surface area contributed by atoms with E-state index < -0.39 is 0 Å². The quantitative estimate of drug-likeness (QED) is 0.618. The molecule has 0 radical (unpaired) electrons. The number of nitrogens with zero attached hydrogens (tertiary/aromatic N) is 1. The van der Waals surface area contributed by atoms with Gasteiger partial charge in [-0.25, -0.2) is 0 Å². The summed E-state index contributed by atoms with van der Waals surface area (Å²) >= 11 is 0. The van der Waals surface area contributed by atoms with Crippen molar-refractivity contribution in [1.29, 1.82) is 0 Å². The number of likely N-dealkylation sites (tertiary alicyclic amines) is 1. The largest absolute Gasteiger partial charge is 0.469 e. The maximum Gasteiger partial charge on any atom is 0.257 e. The number of hydrogen-bond donors (Lipinski definition) is 0. The Bertz CT molecular complexity index is 567. The molecule has 5 nitrogen and oxygen atoms in total. The normalized spacial score (nSPS) is 27.5. The van der Waals surface area contributed by atoms with Crippen LogP contribution >= 0.6 is 0 Å². The van der Waals surface area contributed by atoms with Gasteiger partial charge in [-0.2, -0.15) is 0 Å². The summed E-state index contributed by atoms with van der Waals surface area (Å²) in [5, 5.41) is 0. The molecule has 0 bridgehead atoms. The molecule has 0 aliphatic carbocycles. The van der Waals surface area contributed by atoms with Crippen molar-refractivity contribution in [1.82, 2.24) is 4.90 Å². The molecule has 126 valence electrons.